The van der Waals surface area contributed by atoms with Crippen LogP contribution in [0.15, 0.2) is 53.2 Å². The predicted molar refractivity (Wildman–Crippen MR) is 102 cm³/mol. The first kappa shape index (κ1) is 17.8. The van der Waals surface area contributed by atoms with E-state index in [0.29, 0.717) is 23.3 Å². The van der Waals surface area contributed by atoms with Gasteiger partial charge in [-0.1, -0.05) is 0 Å². The van der Waals surface area contributed by atoms with Crippen molar-refractivity contribution < 1.29 is 13.5 Å². The molecule has 0 radical (unpaired) electrons. The molecular weight excluding hydrogens is 361 g/mol. The van der Waals surface area contributed by atoms with Crippen molar-refractivity contribution in [1.82, 2.24) is 20.2 Å². The number of hydrogen-bond acceptors (Lipinski definition) is 7. The van der Waals surface area contributed by atoms with Gasteiger partial charge in [-0.2, -0.15) is 0 Å². The second-order valence-electron chi connectivity index (χ2n) is 6.26. The summed E-state index contributed by atoms with van der Waals surface area (Å²) in [6.07, 6.45) is 1.49. The monoisotopic (exact) mass is 379 g/mol. The van der Waals surface area contributed by atoms with E-state index in [0.717, 1.165) is 16.6 Å². The Hall–Kier alpha value is -3.55. The Bertz CT molecular complexity index is 1110. The first-order valence-corrected chi connectivity index (χ1v) is 8.70. The van der Waals surface area contributed by atoms with Gasteiger partial charge < -0.3 is 14.1 Å². The van der Waals surface area contributed by atoms with Crippen LogP contribution in [-0.4, -0.2) is 27.3 Å². The van der Waals surface area contributed by atoms with Gasteiger partial charge in [0.15, 0.2) is 0 Å². The highest BCUT2D eigenvalue weighted by Gasteiger charge is 2.26. The van der Waals surface area contributed by atoms with E-state index in [1.54, 1.807) is 26.2 Å². The van der Waals surface area contributed by atoms with Gasteiger partial charge in [-0.25, -0.2) is 14.4 Å². The normalized spacial score (nSPS) is 12.1. The molecule has 142 valence electrons. The molecule has 0 saturated heterocycles. The van der Waals surface area contributed by atoms with E-state index < -0.39 is 0 Å². The van der Waals surface area contributed by atoms with Crippen molar-refractivity contribution >= 4 is 22.4 Å². The van der Waals surface area contributed by atoms with Crippen LogP contribution < -0.4 is 9.64 Å². The number of methoxy groups -OCH3 is 1. The van der Waals surface area contributed by atoms with E-state index >= 15 is 0 Å². The van der Waals surface area contributed by atoms with Crippen molar-refractivity contribution in [2.45, 2.75) is 19.9 Å². The zero-order chi connectivity index (χ0) is 19.7. The van der Waals surface area contributed by atoms with E-state index in [-0.39, 0.29) is 11.9 Å². The average molecular weight is 379 g/mol. The van der Waals surface area contributed by atoms with Crippen LogP contribution in [0.5, 0.6) is 5.75 Å². The first-order chi connectivity index (χ1) is 13.6. The topological polar surface area (TPSA) is 77.2 Å². The molecule has 2 aromatic carbocycles. The molecule has 0 N–H and O–H groups in total. The third-order valence-corrected chi connectivity index (χ3v) is 4.44. The van der Waals surface area contributed by atoms with Crippen LogP contribution in [0.3, 0.4) is 0 Å². The lowest BCUT2D eigenvalue weighted by atomic mass is 10.1. The first-order valence-electron chi connectivity index (χ1n) is 8.70. The molecule has 0 saturated carbocycles. The number of hydrogen-bond donors (Lipinski definition) is 0. The summed E-state index contributed by atoms with van der Waals surface area (Å²) in [5, 5.41) is 8.89. The molecule has 28 heavy (non-hydrogen) atoms. The third kappa shape index (κ3) is 3.24. The fourth-order valence-corrected chi connectivity index (χ4v) is 3.06. The Balaban J connectivity index is 1.90. The lowest BCUT2D eigenvalue weighted by molar-refractivity contribution is 0.415. The van der Waals surface area contributed by atoms with Crippen molar-refractivity contribution in [3.05, 3.63) is 66.4 Å². The molecular formula is C20H18FN5O2. The molecule has 0 bridgehead atoms. The van der Waals surface area contributed by atoms with Crippen LogP contribution in [-0.2, 0) is 0 Å². The second kappa shape index (κ2) is 7.22. The predicted octanol–water partition coefficient (Wildman–Crippen LogP) is 4.37. The van der Waals surface area contributed by atoms with E-state index in [9.17, 15) is 4.39 Å². The van der Waals surface area contributed by atoms with E-state index in [1.165, 1.54) is 18.5 Å². The minimum absolute atomic E-state index is 0.317. The Kier molecular flexibility index (Phi) is 4.60. The zero-order valence-electron chi connectivity index (χ0n) is 15.6. The second-order valence-corrected chi connectivity index (χ2v) is 6.26. The van der Waals surface area contributed by atoms with Crippen LogP contribution in [0.1, 0.15) is 24.7 Å². The summed E-state index contributed by atoms with van der Waals surface area (Å²) in [6, 6.07) is 11.4. The number of aryl methyl sites for hydroxylation is 1. The maximum Gasteiger partial charge on any atom is 0.238 e. The van der Waals surface area contributed by atoms with Gasteiger partial charge in [-0.15, -0.1) is 10.2 Å². The maximum atomic E-state index is 13.5. The summed E-state index contributed by atoms with van der Waals surface area (Å²) in [5.41, 5.74) is 1.46. The van der Waals surface area contributed by atoms with E-state index in [2.05, 4.69) is 20.2 Å². The van der Waals surface area contributed by atoms with Crippen molar-refractivity contribution in [2.75, 3.05) is 12.0 Å². The van der Waals surface area contributed by atoms with Gasteiger partial charge in [0.1, 0.15) is 29.8 Å². The highest BCUT2D eigenvalue weighted by atomic mass is 19.1. The Morgan fingerprint density at radius 3 is 2.54 bits per heavy atom. The molecule has 0 aliphatic heterocycles. The third-order valence-electron chi connectivity index (χ3n) is 4.44. The Morgan fingerprint density at radius 2 is 1.86 bits per heavy atom. The number of aromatic nitrogens is 4. The minimum atomic E-state index is -0.341. The summed E-state index contributed by atoms with van der Waals surface area (Å²) in [6.45, 7) is 3.66. The molecule has 2 heterocycles. The molecule has 4 aromatic rings. The van der Waals surface area contributed by atoms with Gasteiger partial charge in [0.25, 0.3) is 0 Å². The molecule has 0 spiro atoms. The van der Waals surface area contributed by atoms with Crippen molar-refractivity contribution in [2.24, 2.45) is 0 Å². The SMILES string of the molecule is COc1ccc2c(N(c3ccc(F)cc3)C(C)c3nnc(C)o3)ncnc2c1. The van der Waals surface area contributed by atoms with Crippen molar-refractivity contribution in [3.8, 4) is 5.75 Å². The summed E-state index contributed by atoms with van der Waals surface area (Å²) in [4.78, 5) is 10.8. The van der Waals surface area contributed by atoms with Crippen molar-refractivity contribution in [3.63, 3.8) is 0 Å². The number of rotatable bonds is 5. The van der Waals surface area contributed by atoms with Gasteiger partial charge >= 0.3 is 0 Å². The number of fused-ring (bicyclic) bond motifs is 1. The lowest BCUT2D eigenvalue weighted by Crippen LogP contribution is -2.23. The lowest BCUT2D eigenvalue weighted by Gasteiger charge is -2.29. The average Bonchev–Trinajstić information content (AvgIpc) is 3.15. The molecule has 8 heteroatoms. The summed E-state index contributed by atoms with van der Waals surface area (Å²) < 4.78 is 24.4. The number of benzene rings is 2. The number of nitrogens with zero attached hydrogens (tertiary/aromatic N) is 5. The summed E-state index contributed by atoms with van der Waals surface area (Å²) >= 11 is 0. The molecule has 2 aromatic heterocycles. The molecule has 0 fully saturated rings. The summed E-state index contributed by atoms with van der Waals surface area (Å²) in [7, 11) is 1.61. The fourth-order valence-electron chi connectivity index (χ4n) is 3.06. The smallest absolute Gasteiger partial charge is 0.238 e. The molecule has 1 unspecified atom stereocenters. The van der Waals surface area contributed by atoms with Gasteiger partial charge in [0.05, 0.1) is 12.6 Å². The molecule has 0 aliphatic rings. The highest BCUT2D eigenvalue weighted by molar-refractivity contribution is 5.92. The molecule has 0 amide bonds. The standard InChI is InChI=1S/C20H18FN5O2/c1-12(20-25-24-13(2)28-20)26(15-6-4-14(21)5-7-15)19-17-9-8-16(27-3)10-18(17)22-11-23-19/h4-12H,1-3H3. The van der Waals surface area contributed by atoms with Crippen LogP contribution >= 0.6 is 0 Å². The molecule has 4 rings (SSSR count). The van der Waals surface area contributed by atoms with Crippen molar-refractivity contribution in [1.29, 1.82) is 0 Å². The van der Waals surface area contributed by atoms with Gasteiger partial charge in [0.2, 0.25) is 11.8 Å². The minimum Gasteiger partial charge on any atom is -0.497 e. The number of halogens is 1. The maximum absolute atomic E-state index is 13.5. The van der Waals surface area contributed by atoms with Gasteiger partial charge in [0, 0.05) is 24.1 Å². The number of anilines is 2. The molecule has 1 atom stereocenters. The van der Waals surface area contributed by atoms with Crippen LogP contribution in [0.25, 0.3) is 10.9 Å². The zero-order valence-corrected chi connectivity index (χ0v) is 15.6. The van der Waals surface area contributed by atoms with Crippen LogP contribution in [0, 0.1) is 12.7 Å². The Labute approximate surface area is 160 Å². The van der Waals surface area contributed by atoms with Crippen LogP contribution in [0.2, 0.25) is 0 Å². The largest absolute Gasteiger partial charge is 0.497 e. The quantitative estimate of drug-likeness (QED) is 0.509. The Morgan fingerprint density at radius 1 is 1.07 bits per heavy atom. The van der Waals surface area contributed by atoms with Crippen LogP contribution in [0.4, 0.5) is 15.9 Å². The highest BCUT2D eigenvalue weighted by Crippen LogP contribution is 2.37. The number of ether oxygens (including phenoxy) is 1. The van der Waals surface area contributed by atoms with Gasteiger partial charge in [-0.3, -0.25) is 0 Å². The molecule has 7 nitrogen and oxygen atoms in total. The summed E-state index contributed by atoms with van der Waals surface area (Å²) in [5.74, 6) is 1.93. The van der Waals surface area contributed by atoms with Gasteiger partial charge in [-0.05, 0) is 43.3 Å². The fraction of sp³-hybridized carbons (Fsp3) is 0.200. The van der Waals surface area contributed by atoms with E-state index in [1.807, 2.05) is 30.0 Å². The van der Waals surface area contributed by atoms with E-state index in [4.69, 9.17) is 9.15 Å². The molecule has 0 aliphatic carbocycles.